The van der Waals surface area contributed by atoms with Crippen LogP contribution in [-0.4, -0.2) is 29.9 Å². The molecule has 0 bridgehead atoms. The van der Waals surface area contributed by atoms with Gasteiger partial charge in [-0.2, -0.15) is 10.2 Å². The number of aryl methyl sites for hydroxylation is 2. The van der Waals surface area contributed by atoms with E-state index in [1.807, 2.05) is 13.1 Å². The second kappa shape index (κ2) is 3.27. The molecule has 7 heteroatoms. The SMILES string of the molecule is Cc1nc2n[nH]c(-c3ccn(C)n3)c2c(=O)[nH]1. The average molecular weight is 230 g/mol. The molecule has 86 valence electrons. The van der Waals surface area contributed by atoms with Crippen LogP contribution in [0.1, 0.15) is 5.82 Å². The zero-order valence-corrected chi connectivity index (χ0v) is 9.35. The molecule has 0 saturated carbocycles. The number of aromatic amines is 2. The molecule has 0 aliphatic rings. The quantitative estimate of drug-likeness (QED) is 0.631. The first-order valence-electron chi connectivity index (χ1n) is 5.10. The van der Waals surface area contributed by atoms with Crippen LogP contribution in [0, 0.1) is 6.92 Å². The molecule has 0 spiro atoms. The first-order valence-corrected chi connectivity index (χ1v) is 5.10. The van der Waals surface area contributed by atoms with Crippen LogP contribution < -0.4 is 5.56 Å². The number of hydrogen-bond donors (Lipinski definition) is 2. The highest BCUT2D eigenvalue weighted by Gasteiger charge is 2.14. The summed E-state index contributed by atoms with van der Waals surface area (Å²) in [4.78, 5) is 18.7. The van der Waals surface area contributed by atoms with Crippen molar-refractivity contribution in [2.75, 3.05) is 0 Å². The summed E-state index contributed by atoms with van der Waals surface area (Å²) in [5, 5.41) is 11.5. The standard InChI is InChI=1S/C10H10N6O/c1-5-11-9-7(10(17)12-5)8(13-14-9)6-3-4-16(2)15-6/h3-4H,1-2H3,(H2,11,12,13,14,17). The van der Waals surface area contributed by atoms with Crippen molar-refractivity contribution in [3.8, 4) is 11.4 Å². The number of rotatable bonds is 1. The topological polar surface area (TPSA) is 92.2 Å². The van der Waals surface area contributed by atoms with E-state index in [9.17, 15) is 4.79 Å². The maximum atomic E-state index is 11.9. The molecule has 3 heterocycles. The van der Waals surface area contributed by atoms with Crippen molar-refractivity contribution in [1.82, 2.24) is 29.9 Å². The van der Waals surface area contributed by atoms with Gasteiger partial charge in [0.1, 0.15) is 22.6 Å². The molecular weight excluding hydrogens is 220 g/mol. The highest BCUT2D eigenvalue weighted by Crippen LogP contribution is 2.20. The van der Waals surface area contributed by atoms with E-state index in [0.29, 0.717) is 28.2 Å². The molecule has 0 unspecified atom stereocenters. The Hall–Kier alpha value is -2.44. The van der Waals surface area contributed by atoms with E-state index in [0.717, 1.165) is 0 Å². The fraction of sp³-hybridized carbons (Fsp3) is 0.200. The summed E-state index contributed by atoms with van der Waals surface area (Å²) in [6.45, 7) is 1.72. The molecule has 7 nitrogen and oxygen atoms in total. The predicted octanol–water partition coefficient (Wildman–Crippen LogP) is 0.355. The summed E-state index contributed by atoms with van der Waals surface area (Å²) in [5.41, 5.74) is 1.47. The Balaban J connectivity index is 2.35. The van der Waals surface area contributed by atoms with Crippen molar-refractivity contribution in [3.63, 3.8) is 0 Å². The van der Waals surface area contributed by atoms with E-state index < -0.39 is 0 Å². The summed E-state index contributed by atoms with van der Waals surface area (Å²) >= 11 is 0. The van der Waals surface area contributed by atoms with Crippen molar-refractivity contribution in [3.05, 3.63) is 28.4 Å². The first-order chi connectivity index (χ1) is 8.15. The van der Waals surface area contributed by atoms with Gasteiger partial charge in [0.25, 0.3) is 5.56 Å². The van der Waals surface area contributed by atoms with Crippen LogP contribution in [-0.2, 0) is 7.05 Å². The lowest BCUT2D eigenvalue weighted by atomic mass is 10.2. The number of fused-ring (bicyclic) bond motifs is 1. The van der Waals surface area contributed by atoms with Gasteiger partial charge in [0.15, 0.2) is 5.65 Å². The van der Waals surface area contributed by atoms with Crippen LogP contribution in [0.2, 0.25) is 0 Å². The fourth-order valence-electron chi connectivity index (χ4n) is 1.78. The smallest absolute Gasteiger partial charge is 0.262 e. The maximum Gasteiger partial charge on any atom is 0.262 e. The lowest BCUT2D eigenvalue weighted by Gasteiger charge is -1.93. The number of nitrogens with zero attached hydrogens (tertiary/aromatic N) is 4. The van der Waals surface area contributed by atoms with Crippen molar-refractivity contribution in [2.45, 2.75) is 6.92 Å². The van der Waals surface area contributed by atoms with Crippen molar-refractivity contribution in [2.24, 2.45) is 7.05 Å². The second-order valence-corrected chi connectivity index (χ2v) is 3.82. The summed E-state index contributed by atoms with van der Waals surface area (Å²) < 4.78 is 1.66. The van der Waals surface area contributed by atoms with E-state index in [1.165, 1.54) is 0 Å². The van der Waals surface area contributed by atoms with Crippen LogP contribution in [0.3, 0.4) is 0 Å². The van der Waals surface area contributed by atoms with Gasteiger partial charge in [0, 0.05) is 13.2 Å². The van der Waals surface area contributed by atoms with E-state index >= 15 is 0 Å². The number of nitrogens with one attached hydrogen (secondary N) is 2. The lowest BCUT2D eigenvalue weighted by molar-refractivity contribution is 0.770. The number of H-pyrrole nitrogens is 2. The lowest BCUT2D eigenvalue weighted by Crippen LogP contribution is -2.09. The average Bonchev–Trinajstić information content (AvgIpc) is 2.83. The Morgan fingerprint density at radius 2 is 2.24 bits per heavy atom. The van der Waals surface area contributed by atoms with Crippen LogP contribution >= 0.6 is 0 Å². The largest absolute Gasteiger partial charge is 0.310 e. The molecule has 0 aliphatic carbocycles. The normalized spacial score (nSPS) is 11.2. The van der Waals surface area contributed by atoms with Crippen molar-refractivity contribution in [1.29, 1.82) is 0 Å². The molecule has 3 aromatic heterocycles. The van der Waals surface area contributed by atoms with Gasteiger partial charge in [-0.05, 0) is 13.0 Å². The monoisotopic (exact) mass is 230 g/mol. The molecule has 0 aliphatic heterocycles. The van der Waals surface area contributed by atoms with Gasteiger partial charge >= 0.3 is 0 Å². The molecule has 3 rings (SSSR count). The highest BCUT2D eigenvalue weighted by atomic mass is 16.1. The maximum absolute atomic E-state index is 11.9. The molecular formula is C10H10N6O. The van der Waals surface area contributed by atoms with Gasteiger partial charge in [-0.1, -0.05) is 0 Å². The minimum absolute atomic E-state index is 0.207. The molecule has 0 radical (unpaired) electrons. The van der Waals surface area contributed by atoms with Crippen molar-refractivity contribution >= 4 is 11.0 Å². The predicted molar refractivity (Wildman–Crippen MR) is 61.4 cm³/mol. The third-order valence-corrected chi connectivity index (χ3v) is 2.51. The molecule has 0 fully saturated rings. The summed E-state index contributed by atoms with van der Waals surface area (Å²) in [6.07, 6.45) is 1.80. The van der Waals surface area contributed by atoms with Gasteiger partial charge in [-0.3, -0.25) is 14.6 Å². The van der Waals surface area contributed by atoms with Crippen LogP contribution in [0.4, 0.5) is 0 Å². The van der Waals surface area contributed by atoms with E-state index in [4.69, 9.17) is 0 Å². The van der Waals surface area contributed by atoms with Gasteiger partial charge in [0.05, 0.1) is 0 Å². The summed E-state index contributed by atoms with van der Waals surface area (Å²) in [7, 11) is 1.81. The van der Waals surface area contributed by atoms with Gasteiger partial charge in [-0.15, -0.1) is 0 Å². The molecule has 17 heavy (non-hydrogen) atoms. The fourth-order valence-corrected chi connectivity index (χ4v) is 1.78. The zero-order chi connectivity index (χ0) is 12.0. The van der Waals surface area contributed by atoms with E-state index in [2.05, 4.69) is 25.3 Å². The molecule has 0 aromatic carbocycles. The Labute approximate surface area is 95.5 Å². The van der Waals surface area contributed by atoms with E-state index in [-0.39, 0.29) is 5.56 Å². The first kappa shape index (κ1) is 9.76. The molecule has 0 atom stereocenters. The van der Waals surface area contributed by atoms with Gasteiger partial charge in [0.2, 0.25) is 0 Å². The minimum atomic E-state index is -0.207. The van der Waals surface area contributed by atoms with E-state index in [1.54, 1.807) is 17.8 Å². The Kier molecular flexibility index (Phi) is 1.88. The summed E-state index contributed by atoms with van der Waals surface area (Å²) in [6, 6.07) is 1.81. The molecule has 0 amide bonds. The Morgan fingerprint density at radius 1 is 1.41 bits per heavy atom. The summed E-state index contributed by atoms with van der Waals surface area (Å²) in [5.74, 6) is 0.543. The molecule has 2 N–H and O–H groups in total. The Bertz CT molecular complexity index is 750. The van der Waals surface area contributed by atoms with Crippen LogP contribution in [0.25, 0.3) is 22.4 Å². The highest BCUT2D eigenvalue weighted by molar-refractivity contribution is 5.88. The van der Waals surface area contributed by atoms with Gasteiger partial charge < -0.3 is 4.98 Å². The minimum Gasteiger partial charge on any atom is -0.310 e. The Morgan fingerprint density at radius 3 is 2.94 bits per heavy atom. The van der Waals surface area contributed by atoms with Crippen LogP contribution in [0.15, 0.2) is 17.1 Å². The molecule has 3 aromatic rings. The van der Waals surface area contributed by atoms with Crippen LogP contribution in [0.5, 0.6) is 0 Å². The third-order valence-electron chi connectivity index (χ3n) is 2.51. The second-order valence-electron chi connectivity index (χ2n) is 3.82. The number of hydrogen-bond acceptors (Lipinski definition) is 4. The van der Waals surface area contributed by atoms with Gasteiger partial charge in [-0.25, -0.2) is 4.98 Å². The number of aromatic nitrogens is 6. The van der Waals surface area contributed by atoms with Crippen molar-refractivity contribution < 1.29 is 0 Å². The zero-order valence-electron chi connectivity index (χ0n) is 9.35. The third kappa shape index (κ3) is 1.43. The molecule has 0 saturated heterocycles.